The minimum Gasteiger partial charge on any atom is -0.341 e. The van der Waals surface area contributed by atoms with E-state index in [0.29, 0.717) is 18.9 Å². The van der Waals surface area contributed by atoms with Crippen molar-refractivity contribution in [2.45, 2.75) is 51.5 Å². The van der Waals surface area contributed by atoms with E-state index in [-0.39, 0.29) is 5.91 Å². The van der Waals surface area contributed by atoms with Crippen LogP contribution in [-0.2, 0) is 11.2 Å². The molecule has 0 atom stereocenters. The summed E-state index contributed by atoms with van der Waals surface area (Å²) in [7, 11) is 0. The Balaban J connectivity index is 1.22. The van der Waals surface area contributed by atoms with Gasteiger partial charge in [0.15, 0.2) is 0 Å². The van der Waals surface area contributed by atoms with Gasteiger partial charge < -0.3 is 15.1 Å². The summed E-state index contributed by atoms with van der Waals surface area (Å²) in [5.41, 5.74) is 2.65. The predicted octanol–water partition coefficient (Wildman–Crippen LogP) is 5.29. The highest BCUT2D eigenvalue weighted by Crippen LogP contribution is 2.27. The number of carbonyl (C=O) groups excluding carboxylic acids is 1. The summed E-state index contributed by atoms with van der Waals surface area (Å²) in [6.07, 6.45) is 6.18. The standard InChI is InChI=1S/C25H30ClN5OS/c1-17-21-16-18(28-24(32)9-6-20-5-8-23(26)33-20)4-7-22(21)29-25(27-17)31-14-10-19(11-15-31)30-12-2-3-13-30/h4-5,7-8,16,19H,2-3,6,9-15H2,1H3,(H,28,32). The molecule has 2 aliphatic heterocycles. The topological polar surface area (TPSA) is 61.4 Å². The van der Waals surface area contributed by atoms with Gasteiger partial charge in [-0.3, -0.25) is 4.79 Å². The highest BCUT2D eigenvalue weighted by atomic mass is 35.5. The fraction of sp³-hybridized carbons (Fsp3) is 0.480. The zero-order valence-electron chi connectivity index (χ0n) is 19.0. The van der Waals surface area contributed by atoms with Gasteiger partial charge in [0.2, 0.25) is 11.9 Å². The number of piperidine rings is 1. The highest BCUT2D eigenvalue weighted by molar-refractivity contribution is 7.16. The van der Waals surface area contributed by atoms with Crippen molar-refractivity contribution in [3.8, 4) is 0 Å². The zero-order chi connectivity index (χ0) is 22.8. The lowest BCUT2D eigenvalue weighted by Gasteiger charge is -2.36. The van der Waals surface area contributed by atoms with Crippen LogP contribution in [-0.4, -0.2) is 53.0 Å². The number of fused-ring (bicyclic) bond motifs is 1. The van der Waals surface area contributed by atoms with Crippen LogP contribution >= 0.6 is 22.9 Å². The highest BCUT2D eigenvalue weighted by Gasteiger charge is 2.27. The molecule has 2 aromatic heterocycles. The number of amides is 1. The SMILES string of the molecule is Cc1nc(N2CCC(N3CCCC3)CC2)nc2ccc(NC(=O)CCc3ccc(Cl)s3)cc12. The van der Waals surface area contributed by atoms with Gasteiger partial charge in [0, 0.05) is 41.5 Å². The molecular formula is C25H30ClN5OS. The van der Waals surface area contributed by atoms with E-state index in [9.17, 15) is 4.79 Å². The maximum Gasteiger partial charge on any atom is 0.226 e. The summed E-state index contributed by atoms with van der Waals surface area (Å²) in [4.78, 5) is 28.2. The summed E-state index contributed by atoms with van der Waals surface area (Å²) >= 11 is 7.49. The number of aryl methyl sites for hydroxylation is 2. The number of carbonyl (C=O) groups is 1. The molecule has 2 fully saturated rings. The van der Waals surface area contributed by atoms with Gasteiger partial charge in [-0.15, -0.1) is 11.3 Å². The van der Waals surface area contributed by atoms with E-state index < -0.39 is 0 Å². The second-order valence-corrected chi connectivity index (χ2v) is 10.9. The van der Waals surface area contributed by atoms with Crippen molar-refractivity contribution in [2.75, 3.05) is 36.4 Å². The number of hydrogen-bond donors (Lipinski definition) is 1. The molecule has 0 saturated carbocycles. The number of anilines is 2. The monoisotopic (exact) mass is 483 g/mol. The molecule has 1 amide bonds. The maximum absolute atomic E-state index is 12.4. The van der Waals surface area contributed by atoms with Gasteiger partial charge in [-0.2, -0.15) is 0 Å². The van der Waals surface area contributed by atoms with Crippen molar-refractivity contribution < 1.29 is 4.79 Å². The maximum atomic E-state index is 12.4. The molecule has 2 saturated heterocycles. The van der Waals surface area contributed by atoms with E-state index in [0.717, 1.165) is 50.5 Å². The molecule has 8 heteroatoms. The Hall–Kier alpha value is -2.22. The van der Waals surface area contributed by atoms with Crippen LogP contribution in [0.3, 0.4) is 0 Å². The Morgan fingerprint density at radius 1 is 1.12 bits per heavy atom. The minimum atomic E-state index is -0.00469. The van der Waals surface area contributed by atoms with E-state index in [1.54, 1.807) is 0 Å². The molecule has 4 heterocycles. The molecule has 1 aromatic carbocycles. The number of halogens is 1. The average Bonchev–Trinajstić information content (AvgIpc) is 3.50. The summed E-state index contributed by atoms with van der Waals surface area (Å²) in [5.74, 6) is 0.821. The number of benzene rings is 1. The van der Waals surface area contributed by atoms with Crippen LogP contribution in [0.1, 0.15) is 42.7 Å². The molecular weight excluding hydrogens is 454 g/mol. The summed E-state index contributed by atoms with van der Waals surface area (Å²) < 4.78 is 0.755. The number of nitrogens with one attached hydrogen (secondary N) is 1. The van der Waals surface area contributed by atoms with E-state index in [4.69, 9.17) is 21.6 Å². The largest absolute Gasteiger partial charge is 0.341 e. The summed E-state index contributed by atoms with van der Waals surface area (Å²) in [6.45, 7) is 6.57. The van der Waals surface area contributed by atoms with Crippen LogP contribution in [0, 0.1) is 6.92 Å². The third kappa shape index (κ3) is 5.31. The van der Waals surface area contributed by atoms with Gasteiger partial charge in [-0.25, -0.2) is 9.97 Å². The number of rotatable bonds is 6. The Kier molecular flexibility index (Phi) is 6.81. The second-order valence-electron chi connectivity index (χ2n) is 9.06. The van der Waals surface area contributed by atoms with E-state index >= 15 is 0 Å². The first-order valence-corrected chi connectivity index (χ1v) is 13.1. The lowest BCUT2D eigenvalue weighted by atomic mass is 10.0. The number of hydrogen-bond acceptors (Lipinski definition) is 6. The van der Waals surface area contributed by atoms with Crippen molar-refractivity contribution in [1.29, 1.82) is 0 Å². The molecule has 0 unspecified atom stereocenters. The fourth-order valence-electron chi connectivity index (χ4n) is 4.97. The molecule has 0 aliphatic carbocycles. The molecule has 3 aromatic rings. The van der Waals surface area contributed by atoms with Crippen molar-refractivity contribution in [1.82, 2.24) is 14.9 Å². The fourth-order valence-corrected chi connectivity index (χ4v) is 6.06. The lowest BCUT2D eigenvalue weighted by molar-refractivity contribution is -0.116. The predicted molar refractivity (Wildman–Crippen MR) is 137 cm³/mol. The number of aromatic nitrogens is 2. The van der Waals surface area contributed by atoms with Crippen LogP contribution in [0.5, 0.6) is 0 Å². The normalized spacial score (nSPS) is 17.7. The molecule has 0 bridgehead atoms. The zero-order valence-corrected chi connectivity index (χ0v) is 20.6. The molecule has 6 nitrogen and oxygen atoms in total. The summed E-state index contributed by atoms with van der Waals surface area (Å²) in [6, 6.07) is 10.5. The van der Waals surface area contributed by atoms with Crippen molar-refractivity contribution >= 4 is 51.4 Å². The van der Waals surface area contributed by atoms with Gasteiger partial charge >= 0.3 is 0 Å². The molecule has 174 valence electrons. The van der Waals surface area contributed by atoms with Gasteiger partial charge in [0.1, 0.15) is 0 Å². The smallest absolute Gasteiger partial charge is 0.226 e. The molecule has 1 N–H and O–H groups in total. The quantitative estimate of drug-likeness (QED) is 0.516. The Morgan fingerprint density at radius 3 is 2.64 bits per heavy atom. The second kappa shape index (κ2) is 9.95. The van der Waals surface area contributed by atoms with Crippen LogP contribution < -0.4 is 10.2 Å². The number of thiophene rings is 1. The summed E-state index contributed by atoms with van der Waals surface area (Å²) in [5, 5.41) is 3.99. The van der Waals surface area contributed by atoms with Crippen molar-refractivity contribution in [3.63, 3.8) is 0 Å². The Morgan fingerprint density at radius 2 is 1.91 bits per heavy atom. The molecule has 0 spiro atoms. The minimum absolute atomic E-state index is 0.00469. The molecule has 33 heavy (non-hydrogen) atoms. The Bertz CT molecular complexity index is 1140. The van der Waals surface area contributed by atoms with Crippen LogP contribution in [0.25, 0.3) is 10.9 Å². The lowest BCUT2D eigenvalue weighted by Crippen LogP contribution is -2.44. The third-order valence-electron chi connectivity index (χ3n) is 6.79. The first kappa shape index (κ1) is 22.6. The molecule has 5 rings (SSSR count). The third-order valence-corrected chi connectivity index (χ3v) is 8.08. The molecule has 2 aliphatic rings. The van der Waals surface area contributed by atoms with Crippen molar-refractivity contribution in [3.05, 3.63) is 45.2 Å². The van der Waals surface area contributed by atoms with E-state index in [1.165, 1.54) is 50.1 Å². The Labute approximate surface area is 204 Å². The van der Waals surface area contributed by atoms with Gasteiger partial charge in [-0.05, 0) is 82.4 Å². The van der Waals surface area contributed by atoms with E-state index in [1.807, 2.05) is 37.3 Å². The number of nitrogens with zero attached hydrogens (tertiary/aromatic N) is 4. The van der Waals surface area contributed by atoms with E-state index in [2.05, 4.69) is 15.1 Å². The average molecular weight is 484 g/mol. The van der Waals surface area contributed by atoms with Gasteiger partial charge in [0.05, 0.1) is 15.5 Å². The van der Waals surface area contributed by atoms with Crippen LogP contribution in [0.2, 0.25) is 4.34 Å². The van der Waals surface area contributed by atoms with Gasteiger partial charge in [-0.1, -0.05) is 11.6 Å². The first-order chi connectivity index (χ1) is 16.0. The van der Waals surface area contributed by atoms with Gasteiger partial charge in [0.25, 0.3) is 0 Å². The van der Waals surface area contributed by atoms with Crippen LogP contribution in [0.4, 0.5) is 11.6 Å². The molecule has 0 radical (unpaired) electrons. The first-order valence-electron chi connectivity index (χ1n) is 11.9. The van der Waals surface area contributed by atoms with Crippen molar-refractivity contribution in [2.24, 2.45) is 0 Å². The van der Waals surface area contributed by atoms with Crippen LogP contribution in [0.15, 0.2) is 30.3 Å². The number of likely N-dealkylation sites (tertiary alicyclic amines) is 1.